The first-order chi connectivity index (χ1) is 30.1. The third-order valence-electron chi connectivity index (χ3n) is 11.2. The molecular formula is C50H94NO10P. The number of phosphoric ester groups is 1. The second-order valence-corrected chi connectivity index (χ2v) is 18.8. The van der Waals surface area contributed by atoms with E-state index in [0.717, 1.165) is 57.8 Å². The molecule has 3 atom stereocenters. The number of hydrogen-bond donors (Lipinski definition) is 4. The lowest BCUT2D eigenvalue weighted by atomic mass is 10.0. The van der Waals surface area contributed by atoms with Crippen molar-refractivity contribution < 1.29 is 47.8 Å². The summed E-state index contributed by atoms with van der Waals surface area (Å²) in [5.74, 6) is -2.37. The average Bonchev–Trinajstić information content (AvgIpc) is 3.25. The van der Waals surface area contributed by atoms with Gasteiger partial charge in [-0.2, -0.15) is 0 Å². The number of aliphatic hydroxyl groups is 1. The van der Waals surface area contributed by atoms with Crippen molar-refractivity contribution in [3.63, 3.8) is 0 Å². The molecule has 0 saturated heterocycles. The summed E-state index contributed by atoms with van der Waals surface area (Å²) in [6, 6.07) is -1.55. The number of rotatable bonds is 48. The molecule has 0 radical (unpaired) electrons. The standard InChI is InChI=1S/C50H94NO10P/c1-3-5-7-9-11-13-15-17-19-20-21-22-23-24-25-26-28-29-31-33-35-37-39-41-48(53)51-47(50(55)56)45-61-62(57,58)60-44-46(52)43-59-49(54)42-40-38-36-34-32-30-27-18-16-14-12-10-8-6-4-2/h17-19,27,46-47,52H,3-16,20-26,28-45H2,1-2H3,(H,51,53)(H,55,56)(H,57,58)/b19-17+,27-18-. The van der Waals surface area contributed by atoms with Gasteiger partial charge in [0.1, 0.15) is 12.7 Å². The number of nitrogens with one attached hydrogen (secondary N) is 1. The molecular weight excluding hydrogens is 806 g/mol. The number of unbranched alkanes of at least 4 members (excludes halogenated alkanes) is 30. The second kappa shape index (κ2) is 45.5. The summed E-state index contributed by atoms with van der Waals surface area (Å²) < 4.78 is 26.9. The van der Waals surface area contributed by atoms with E-state index in [-0.39, 0.29) is 12.8 Å². The van der Waals surface area contributed by atoms with E-state index in [2.05, 4.69) is 43.5 Å². The van der Waals surface area contributed by atoms with Crippen LogP contribution in [0.1, 0.15) is 245 Å². The molecule has 4 N–H and O–H groups in total. The van der Waals surface area contributed by atoms with Gasteiger partial charge in [0, 0.05) is 12.8 Å². The van der Waals surface area contributed by atoms with E-state index < -0.39 is 57.6 Å². The molecule has 0 aliphatic rings. The quantitative estimate of drug-likeness (QED) is 0.0200. The summed E-state index contributed by atoms with van der Waals surface area (Å²) in [5.41, 5.74) is 0. The van der Waals surface area contributed by atoms with E-state index in [1.807, 2.05) is 0 Å². The number of phosphoric acid groups is 1. The van der Waals surface area contributed by atoms with Crippen molar-refractivity contribution in [2.75, 3.05) is 19.8 Å². The van der Waals surface area contributed by atoms with Gasteiger partial charge >= 0.3 is 19.8 Å². The van der Waals surface area contributed by atoms with E-state index >= 15 is 0 Å². The van der Waals surface area contributed by atoms with Crippen LogP contribution in [-0.4, -0.2) is 64.9 Å². The van der Waals surface area contributed by atoms with Gasteiger partial charge in [-0.3, -0.25) is 18.6 Å². The third-order valence-corrected chi connectivity index (χ3v) is 12.2. The molecule has 1 amide bonds. The minimum absolute atomic E-state index is 0.148. The number of ether oxygens (including phenoxy) is 1. The molecule has 12 heteroatoms. The average molecular weight is 900 g/mol. The Kier molecular flexibility index (Phi) is 44.0. The molecule has 0 bridgehead atoms. The fourth-order valence-electron chi connectivity index (χ4n) is 7.25. The van der Waals surface area contributed by atoms with Crippen LogP contribution >= 0.6 is 7.82 Å². The van der Waals surface area contributed by atoms with E-state index in [1.54, 1.807) is 0 Å². The molecule has 0 heterocycles. The Labute approximate surface area is 379 Å². The highest BCUT2D eigenvalue weighted by atomic mass is 31.2. The highest BCUT2D eigenvalue weighted by molar-refractivity contribution is 7.47. The van der Waals surface area contributed by atoms with Crippen LogP contribution < -0.4 is 5.32 Å². The molecule has 0 aromatic rings. The topological polar surface area (TPSA) is 169 Å². The molecule has 0 saturated carbocycles. The van der Waals surface area contributed by atoms with Crippen molar-refractivity contribution in [3.8, 4) is 0 Å². The molecule has 0 aliphatic carbocycles. The Morgan fingerprint density at radius 1 is 0.500 bits per heavy atom. The first-order valence-electron chi connectivity index (χ1n) is 25.4. The summed E-state index contributed by atoms with van der Waals surface area (Å²) in [6.45, 7) is 2.61. The Morgan fingerprint density at radius 2 is 0.839 bits per heavy atom. The van der Waals surface area contributed by atoms with Gasteiger partial charge in [0.25, 0.3) is 0 Å². The van der Waals surface area contributed by atoms with Crippen LogP contribution in [0.4, 0.5) is 0 Å². The molecule has 0 rings (SSSR count). The summed E-state index contributed by atoms with van der Waals surface area (Å²) in [4.78, 5) is 46.1. The molecule has 62 heavy (non-hydrogen) atoms. The van der Waals surface area contributed by atoms with Crippen molar-refractivity contribution in [2.45, 2.75) is 257 Å². The van der Waals surface area contributed by atoms with Gasteiger partial charge in [0.2, 0.25) is 5.91 Å². The number of amides is 1. The van der Waals surface area contributed by atoms with Crippen molar-refractivity contribution in [2.24, 2.45) is 0 Å². The van der Waals surface area contributed by atoms with Crippen LogP contribution in [0.5, 0.6) is 0 Å². The molecule has 0 aromatic heterocycles. The maximum Gasteiger partial charge on any atom is 0.472 e. The molecule has 0 aliphatic heterocycles. The number of esters is 1. The van der Waals surface area contributed by atoms with Gasteiger partial charge < -0.3 is 25.2 Å². The van der Waals surface area contributed by atoms with Gasteiger partial charge in [0.15, 0.2) is 6.04 Å². The zero-order valence-electron chi connectivity index (χ0n) is 39.7. The number of aliphatic carboxylic acids is 1. The number of hydrogen-bond acceptors (Lipinski definition) is 8. The predicted molar refractivity (Wildman–Crippen MR) is 254 cm³/mol. The molecule has 11 nitrogen and oxygen atoms in total. The lowest BCUT2D eigenvalue weighted by Gasteiger charge is -2.18. The maximum absolute atomic E-state index is 12.4. The van der Waals surface area contributed by atoms with Gasteiger partial charge in [-0.05, 0) is 64.2 Å². The first-order valence-corrected chi connectivity index (χ1v) is 26.9. The van der Waals surface area contributed by atoms with E-state index in [1.165, 1.54) is 148 Å². The van der Waals surface area contributed by atoms with Crippen LogP contribution in [-0.2, 0) is 32.7 Å². The van der Waals surface area contributed by atoms with Crippen LogP contribution in [0.2, 0.25) is 0 Å². The van der Waals surface area contributed by atoms with Crippen molar-refractivity contribution in [1.82, 2.24) is 5.32 Å². The molecule has 0 spiro atoms. The van der Waals surface area contributed by atoms with E-state index in [9.17, 15) is 34.1 Å². The molecule has 0 aromatic carbocycles. The fraction of sp³-hybridized carbons (Fsp3) is 0.860. The number of carboxylic acid groups (broad SMARTS) is 1. The summed E-state index contributed by atoms with van der Waals surface area (Å²) in [7, 11) is -4.76. The zero-order valence-corrected chi connectivity index (χ0v) is 40.6. The van der Waals surface area contributed by atoms with E-state index in [0.29, 0.717) is 12.8 Å². The van der Waals surface area contributed by atoms with Gasteiger partial charge in [-0.25, -0.2) is 9.36 Å². The minimum atomic E-state index is -4.76. The lowest BCUT2D eigenvalue weighted by Crippen LogP contribution is -2.43. The number of allylic oxidation sites excluding steroid dienone is 4. The zero-order chi connectivity index (χ0) is 45.6. The first kappa shape index (κ1) is 60.0. The number of carbonyl (C=O) groups is 3. The number of carboxylic acids is 1. The normalized spacial score (nSPS) is 13.7. The second-order valence-electron chi connectivity index (χ2n) is 17.4. The van der Waals surface area contributed by atoms with Crippen LogP contribution in [0.3, 0.4) is 0 Å². The van der Waals surface area contributed by atoms with E-state index in [4.69, 9.17) is 13.8 Å². The number of aliphatic hydroxyl groups excluding tert-OH is 1. The smallest absolute Gasteiger partial charge is 0.472 e. The lowest BCUT2D eigenvalue weighted by molar-refractivity contribution is -0.147. The highest BCUT2D eigenvalue weighted by Gasteiger charge is 2.28. The Balaban J connectivity index is 3.81. The Morgan fingerprint density at radius 3 is 1.23 bits per heavy atom. The maximum atomic E-state index is 12.4. The minimum Gasteiger partial charge on any atom is -0.480 e. The molecule has 0 fully saturated rings. The molecule has 3 unspecified atom stereocenters. The highest BCUT2D eigenvalue weighted by Crippen LogP contribution is 2.43. The van der Waals surface area contributed by atoms with Crippen molar-refractivity contribution in [1.29, 1.82) is 0 Å². The van der Waals surface area contributed by atoms with Gasteiger partial charge in [0.05, 0.1) is 13.2 Å². The Bertz CT molecular complexity index is 1150. The van der Waals surface area contributed by atoms with Crippen LogP contribution in [0, 0.1) is 0 Å². The summed E-state index contributed by atoms with van der Waals surface area (Å²) in [5, 5.41) is 21.9. The largest absolute Gasteiger partial charge is 0.480 e. The number of carbonyl (C=O) groups excluding carboxylic acids is 2. The van der Waals surface area contributed by atoms with Crippen LogP contribution in [0.25, 0.3) is 0 Å². The van der Waals surface area contributed by atoms with Crippen molar-refractivity contribution in [3.05, 3.63) is 24.3 Å². The van der Waals surface area contributed by atoms with Crippen LogP contribution in [0.15, 0.2) is 24.3 Å². The summed E-state index contributed by atoms with van der Waals surface area (Å²) in [6.07, 6.45) is 49.1. The van der Waals surface area contributed by atoms with Crippen molar-refractivity contribution >= 4 is 25.7 Å². The monoisotopic (exact) mass is 900 g/mol. The predicted octanol–water partition coefficient (Wildman–Crippen LogP) is 13.8. The fourth-order valence-corrected chi connectivity index (χ4v) is 8.02. The van der Waals surface area contributed by atoms with Gasteiger partial charge in [-0.1, -0.05) is 192 Å². The van der Waals surface area contributed by atoms with Gasteiger partial charge in [-0.15, -0.1) is 0 Å². The Hall–Kier alpha value is -2.04. The molecule has 364 valence electrons. The summed E-state index contributed by atoms with van der Waals surface area (Å²) >= 11 is 0. The third kappa shape index (κ3) is 44.6. The SMILES string of the molecule is CCCCCCCC/C=C\CCCCCCCC(=O)OCC(O)COP(=O)(O)OCC(NC(=O)CCCCCCCCCCCCCCC/C=C/CCCCCCCC)C(=O)O.